The van der Waals surface area contributed by atoms with Gasteiger partial charge < -0.3 is 15.7 Å². The molecule has 3 N–H and O–H groups in total. The van der Waals surface area contributed by atoms with Crippen LogP contribution in [-0.2, 0) is 12.8 Å². The Morgan fingerprint density at radius 3 is 2.77 bits per heavy atom. The largest absolute Gasteiger partial charge is 0.391 e. The molecule has 0 spiro atoms. The lowest BCUT2D eigenvalue weighted by atomic mass is 10.00. The molecule has 1 aromatic rings. The van der Waals surface area contributed by atoms with Gasteiger partial charge in [0.05, 0.1) is 11.0 Å². The van der Waals surface area contributed by atoms with E-state index in [1.54, 1.807) is 11.3 Å². The van der Waals surface area contributed by atoms with Crippen LogP contribution in [-0.4, -0.2) is 36.8 Å². The summed E-state index contributed by atoms with van der Waals surface area (Å²) in [6.45, 7) is 1.96. The van der Waals surface area contributed by atoms with Crippen molar-refractivity contribution in [1.29, 1.82) is 0 Å². The van der Waals surface area contributed by atoms with Crippen LogP contribution >= 0.6 is 23.7 Å². The van der Waals surface area contributed by atoms with Crippen molar-refractivity contribution in [2.75, 3.05) is 19.6 Å². The summed E-state index contributed by atoms with van der Waals surface area (Å²) in [4.78, 5) is 14.5. The summed E-state index contributed by atoms with van der Waals surface area (Å²) < 4.78 is 0. The molecule has 1 saturated heterocycles. The third-order valence-corrected chi connectivity index (χ3v) is 5.79. The molecular weight excluding hydrogens is 320 g/mol. The zero-order valence-electron chi connectivity index (χ0n) is 12.8. The first-order valence-electron chi connectivity index (χ1n) is 8.02. The highest BCUT2D eigenvalue weighted by Crippen LogP contribution is 2.28. The van der Waals surface area contributed by atoms with Gasteiger partial charge in [-0.15, -0.1) is 23.7 Å². The molecule has 1 fully saturated rings. The number of aliphatic hydroxyl groups excluding tert-OH is 1. The van der Waals surface area contributed by atoms with Crippen molar-refractivity contribution in [2.24, 2.45) is 5.92 Å². The summed E-state index contributed by atoms with van der Waals surface area (Å²) in [7, 11) is 0. The van der Waals surface area contributed by atoms with Crippen LogP contribution in [0.25, 0.3) is 0 Å². The van der Waals surface area contributed by atoms with Crippen LogP contribution in [0.5, 0.6) is 0 Å². The van der Waals surface area contributed by atoms with E-state index >= 15 is 0 Å². The Bertz CT molecular complexity index is 481. The number of rotatable bonds is 3. The maximum Gasteiger partial charge on any atom is 0.261 e. The van der Waals surface area contributed by atoms with Gasteiger partial charge in [-0.2, -0.15) is 0 Å². The van der Waals surface area contributed by atoms with Gasteiger partial charge in [-0.05, 0) is 37.3 Å². The summed E-state index contributed by atoms with van der Waals surface area (Å²) in [6, 6.07) is 2.09. The SMILES string of the molecule is Cl.O=C(NCC1CNCC1O)c1cc2c(s1)CCCCCC2. The molecule has 6 heteroatoms. The van der Waals surface area contributed by atoms with Crippen molar-refractivity contribution in [1.82, 2.24) is 10.6 Å². The number of carbonyl (C=O) groups is 1. The minimum atomic E-state index is -0.339. The number of β-amino-alcohol motifs (C(OH)–C–C–N with tert-alkyl or cyclic N) is 1. The molecule has 2 heterocycles. The zero-order chi connectivity index (χ0) is 14.7. The first-order chi connectivity index (χ1) is 10.2. The average molecular weight is 345 g/mol. The molecule has 1 aromatic heterocycles. The van der Waals surface area contributed by atoms with Gasteiger partial charge in [-0.1, -0.05) is 12.8 Å². The van der Waals surface area contributed by atoms with Crippen LogP contribution in [0.2, 0.25) is 0 Å². The van der Waals surface area contributed by atoms with E-state index < -0.39 is 0 Å². The second-order valence-electron chi connectivity index (χ2n) is 6.17. The van der Waals surface area contributed by atoms with Gasteiger partial charge in [0, 0.05) is 30.4 Å². The standard InChI is InChI=1S/C16H24N2O2S.ClH/c19-13-10-17-8-12(13)9-18-16(20)15-7-11-5-3-1-2-4-6-14(11)21-15;/h7,12-13,17,19H,1-6,8-10H2,(H,18,20);1H. The van der Waals surface area contributed by atoms with Crippen molar-refractivity contribution in [2.45, 2.75) is 44.6 Å². The fourth-order valence-electron chi connectivity index (χ4n) is 3.19. The van der Waals surface area contributed by atoms with Crippen LogP contribution in [0, 0.1) is 5.92 Å². The molecule has 0 bridgehead atoms. The van der Waals surface area contributed by atoms with E-state index in [-0.39, 0.29) is 30.3 Å². The summed E-state index contributed by atoms with van der Waals surface area (Å²) >= 11 is 1.66. The van der Waals surface area contributed by atoms with Crippen molar-refractivity contribution in [3.8, 4) is 0 Å². The van der Waals surface area contributed by atoms with Crippen LogP contribution in [0.3, 0.4) is 0 Å². The fourth-order valence-corrected chi connectivity index (χ4v) is 4.36. The number of aryl methyl sites for hydroxylation is 2. The Balaban J connectivity index is 0.00000176. The Labute approximate surface area is 142 Å². The lowest BCUT2D eigenvalue weighted by molar-refractivity contribution is 0.0931. The smallest absolute Gasteiger partial charge is 0.261 e. The molecule has 3 rings (SSSR count). The Morgan fingerprint density at radius 2 is 2.05 bits per heavy atom. The van der Waals surface area contributed by atoms with Gasteiger partial charge in [0.1, 0.15) is 0 Å². The van der Waals surface area contributed by atoms with Crippen molar-refractivity contribution in [3.05, 3.63) is 21.4 Å². The van der Waals surface area contributed by atoms with Gasteiger partial charge in [-0.25, -0.2) is 0 Å². The van der Waals surface area contributed by atoms with E-state index in [0.717, 1.165) is 24.3 Å². The van der Waals surface area contributed by atoms with Gasteiger partial charge in [0.25, 0.3) is 5.91 Å². The number of halogens is 1. The van der Waals surface area contributed by atoms with Crippen LogP contribution in [0.4, 0.5) is 0 Å². The van der Waals surface area contributed by atoms with Gasteiger partial charge in [-0.3, -0.25) is 4.79 Å². The molecule has 1 amide bonds. The molecule has 22 heavy (non-hydrogen) atoms. The predicted molar refractivity (Wildman–Crippen MR) is 92.1 cm³/mol. The third-order valence-electron chi connectivity index (χ3n) is 4.55. The number of thiophene rings is 1. The monoisotopic (exact) mass is 344 g/mol. The van der Waals surface area contributed by atoms with E-state index in [2.05, 4.69) is 16.7 Å². The number of carbonyl (C=O) groups excluding carboxylic acids is 1. The molecule has 2 unspecified atom stereocenters. The average Bonchev–Trinajstić information content (AvgIpc) is 3.03. The molecule has 0 saturated carbocycles. The van der Waals surface area contributed by atoms with Crippen molar-refractivity contribution in [3.63, 3.8) is 0 Å². The summed E-state index contributed by atoms with van der Waals surface area (Å²) in [5.74, 6) is 0.154. The molecule has 1 aliphatic heterocycles. The summed E-state index contributed by atoms with van der Waals surface area (Å²) in [5.41, 5.74) is 1.38. The third kappa shape index (κ3) is 4.22. The molecule has 124 valence electrons. The Kier molecular flexibility index (Phi) is 6.68. The van der Waals surface area contributed by atoms with Crippen LogP contribution in [0.1, 0.15) is 45.8 Å². The lowest BCUT2D eigenvalue weighted by Gasteiger charge is -2.13. The minimum absolute atomic E-state index is 0. The van der Waals surface area contributed by atoms with E-state index in [1.165, 1.54) is 36.1 Å². The predicted octanol–water partition coefficient (Wildman–Crippen LogP) is 2.14. The highest BCUT2D eigenvalue weighted by molar-refractivity contribution is 7.14. The van der Waals surface area contributed by atoms with Gasteiger partial charge in [0.2, 0.25) is 0 Å². The number of fused-ring (bicyclic) bond motifs is 1. The molecule has 4 nitrogen and oxygen atoms in total. The second kappa shape index (κ2) is 8.29. The minimum Gasteiger partial charge on any atom is -0.391 e. The topological polar surface area (TPSA) is 61.4 Å². The van der Waals surface area contributed by atoms with Crippen LogP contribution < -0.4 is 10.6 Å². The number of hydrogen-bond acceptors (Lipinski definition) is 4. The fraction of sp³-hybridized carbons (Fsp3) is 0.688. The second-order valence-corrected chi connectivity index (χ2v) is 7.31. The van der Waals surface area contributed by atoms with Gasteiger partial charge >= 0.3 is 0 Å². The highest BCUT2D eigenvalue weighted by atomic mass is 35.5. The maximum absolute atomic E-state index is 12.3. The number of amides is 1. The highest BCUT2D eigenvalue weighted by Gasteiger charge is 2.25. The first-order valence-corrected chi connectivity index (χ1v) is 8.84. The molecule has 2 aliphatic rings. The lowest BCUT2D eigenvalue weighted by Crippen LogP contribution is -2.34. The van der Waals surface area contributed by atoms with E-state index in [0.29, 0.717) is 13.1 Å². The van der Waals surface area contributed by atoms with E-state index in [4.69, 9.17) is 0 Å². The molecule has 0 radical (unpaired) electrons. The Morgan fingerprint density at radius 1 is 1.27 bits per heavy atom. The number of aliphatic hydroxyl groups is 1. The van der Waals surface area contributed by atoms with Crippen LogP contribution in [0.15, 0.2) is 6.07 Å². The van der Waals surface area contributed by atoms with Crippen molar-refractivity contribution >= 4 is 29.7 Å². The summed E-state index contributed by atoms with van der Waals surface area (Å²) in [5, 5.41) is 15.9. The Hall–Kier alpha value is -0.620. The maximum atomic E-state index is 12.3. The quantitative estimate of drug-likeness (QED) is 0.787. The first kappa shape index (κ1) is 17.7. The summed E-state index contributed by atoms with van der Waals surface area (Å²) in [6.07, 6.45) is 7.01. The van der Waals surface area contributed by atoms with Gasteiger partial charge in [0.15, 0.2) is 0 Å². The number of nitrogens with one attached hydrogen (secondary N) is 2. The van der Waals surface area contributed by atoms with Crippen molar-refractivity contribution < 1.29 is 9.90 Å². The molecule has 0 aromatic carbocycles. The molecular formula is C16H25ClN2O2S. The zero-order valence-corrected chi connectivity index (χ0v) is 14.4. The molecule has 1 aliphatic carbocycles. The molecule has 2 atom stereocenters. The van der Waals surface area contributed by atoms with E-state index in [9.17, 15) is 9.90 Å². The number of hydrogen-bond donors (Lipinski definition) is 3. The normalized spacial score (nSPS) is 24.8. The van der Waals surface area contributed by atoms with E-state index in [1.807, 2.05) is 0 Å².